The van der Waals surface area contributed by atoms with Crippen LogP contribution in [0.1, 0.15) is 23.5 Å². The van der Waals surface area contributed by atoms with E-state index in [1.165, 1.54) is 0 Å². The minimum Gasteiger partial charge on any atom is -0.388 e. The monoisotopic (exact) mass is 745 g/mol. The summed E-state index contributed by atoms with van der Waals surface area (Å²) in [7, 11) is 0. The number of aliphatic hydroxyl groups is 1. The third kappa shape index (κ3) is 8.23. The molecule has 10 atom stereocenters. The summed E-state index contributed by atoms with van der Waals surface area (Å²) in [5, 5.41) is 14.7. The van der Waals surface area contributed by atoms with Gasteiger partial charge in [0.15, 0.2) is 6.29 Å². The number of rotatable bonds is 12. The lowest BCUT2D eigenvalue weighted by molar-refractivity contribution is -0.302. The zero-order valence-electron chi connectivity index (χ0n) is 30.3. The Morgan fingerprint density at radius 1 is 0.564 bits per heavy atom. The van der Waals surface area contributed by atoms with E-state index in [0.29, 0.717) is 17.8 Å². The molecule has 0 unspecified atom stereocenters. The number of para-hydroxylation sites is 3. The van der Waals surface area contributed by atoms with Gasteiger partial charge in [0.25, 0.3) is 0 Å². The van der Waals surface area contributed by atoms with Gasteiger partial charge in [0.1, 0.15) is 36.6 Å². The summed E-state index contributed by atoms with van der Waals surface area (Å²) < 4.78 is 32.2. The highest BCUT2D eigenvalue weighted by Gasteiger charge is 2.50. The zero-order chi connectivity index (χ0) is 37.9. The summed E-state index contributed by atoms with van der Waals surface area (Å²) in [6.45, 7) is 0.517. The van der Waals surface area contributed by atoms with Crippen molar-refractivity contribution >= 4 is 32.7 Å². The molecule has 2 fully saturated rings. The van der Waals surface area contributed by atoms with Crippen LogP contribution in [-0.2, 0) is 43.5 Å². The van der Waals surface area contributed by atoms with Gasteiger partial charge in [-0.25, -0.2) is 0 Å². The number of benzene rings is 3. The van der Waals surface area contributed by atoms with Crippen molar-refractivity contribution in [1.29, 1.82) is 0 Å². The molecule has 13 nitrogen and oxygen atoms in total. The van der Waals surface area contributed by atoms with Gasteiger partial charge in [0, 0.05) is 34.8 Å². The van der Waals surface area contributed by atoms with Crippen LogP contribution in [-0.4, -0.2) is 87.6 Å². The molecule has 55 heavy (non-hydrogen) atoms. The third-order valence-electron chi connectivity index (χ3n) is 10.5. The summed E-state index contributed by atoms with van der Waals surface area (Å²) in [6.07, 6.45) is -5.79. The van der Waals surface area contributed by atoms with Gasteiger partial charge >= 0.3 is 0 Å². The number of hydrogen-bond donors (Lipinski definition) is 5. The van der Waals surface area contributed by atoms with E-state index < -0.39 is 61.0 Å². The molecule has 1 aliphatic heterocycles. The maximum absolute atomic E-state index is 11.7. The lowest BCUT2D eigenvalue weighted by Crippen LogP contribution is -2.68. The first kappa shape index (κ1) is 37.4. The van der Waals surface area contributed by atoms with Gasteiger partial charge in [-0.1, -0.05) is 72.8 Å². The molecule has 1 saturated heterocycles. The second kappa shape index (κ2) is 16.7. The van der Waals surface area contributed by atoms with E-state index in [-0.39, 0.29) is 26.4 Å². The van der Waals surface area contributed by atoms with Crippen LogP contribution >= 0.6 is 0 Å². The summed E-state index contributed by atoms with van der Waals surface area (Å²) in [5.41, 5.74) is 31.1. The van der Waals surface area contributed by atoms with E-state index in [4.69, 9.17) is 61.6 Å². The first-order chi connectivity index (χ1) is 26.8. The third-order valence-corrected chi connectivity index (χ3v) is 10.5. The van der Waals surface area contributed by atoms with Crippen LogP contribution in [0.5, 0.6) is 0 Å². The van der Waals surface area contributed by atoms with Crippen LogP contribution in [0, 0.1) is 0 Å². The normalized spacial score (nSPS) is 28.5. The minimum absolute atomic E-state index is 0.0745. The Morgan fingerprint density at radius 2 is 1.00 bits per heavy atom. The van der Waals surface area contributed by atoms with Crippen molar-refractivity contribution in [3.05, 3.63) is 126 Å². The molecule has 1 saturated carbocycles. The molecule has 286 valence electrons. The fourth-order valence-electron chi connectivity index (χ4n) is 7.59. The van der Waals surface area contributed by atoms with Crippen molar-refractivity contribution in [2.75, 3.05) is 6.54 Å². The Balaban J connectivity index is 1.00. The molecular weight excluding hydrogens is 699 g/mol. The summed E-state index contributed by atoms with van der Waals surface area (Å²) >= 11 is 0. The molecule has 0 spiro atoms. The van der Waals surface area contributed by atoms with Gasteiger partial charge in [0.05, 0.1) is 59.5 Å². The molecule has 4 heterocycles. The average Bonchev–Trinajstić information content (AvgIpc) is 3.21. The maximum atomic E-state index is 11.7. The Labute approximate surface area is 318 Å². The Hall–Kier alpha value is -4.51. The lowest BCUT2D eigenvalue weighted by Gasteiger charge is -2.48. The molecule has 6 aromatic rings. The highest BCUT2D eigenvalue weighted by atomic mass is 16.7. The van der Waals surface area contributed by atoms with Crippen molar-refractivity contribution in [3.8, 4) is 0 Å². The molecule has 0 radical (unpaired) electrons. The van der Waals surface area contributed by atoms with E-state index in [1.54, 1.807) is 0 Å². The Morgan fingerprint density at radius 3 is 1.49 bits per heavy atom. The number of nitrogens with zero attached hydrogens (tertiary/aromatic N) is 3. The molecule has 3 aromatic heterocycles. The van der Waals surface area contributed by atoms with E-state index in [9.17, 15) is 5.11 Å². The maximum Gasteiger partial charge on any atom is 0.176 e. The quantitative estimate of drug-likeness (QED) is 0.122. The van der Waals surface area contributed by atoms with Crippen molar-refractivity contribution in [1.82, 2.24) is 15.0 Å². The van der Waals surface area contributed by atoms with Crippen molar-refractivity contribution in [3.63, 3.8) is 0 Å². The van der Waals surface area contributed by atoms with E-state index in [2.05, 4.69) is 0 Å². The van der Waals surface area contributed by atoms with Crippen LogP contribution in [0.4, 0.5) is 0 Å². The molecule has 0 bridgehead atoms. The van der Waals surface area contributed by atoms with Crippen molar-refractivity contribution in [2.24, 2.45) is 22.9 Å². The second-order valence-electron chi connectivity index (χ2n) is 14.3. The van der Waals surface area contributed by atoms with E-state index in [1.807, 2.05) is 109 Å². The topological polar surface area (TPSA) is 209 Å². The Bertz CT molecular complexity index is 2230. The average molecular weight is 746 g/mol. The summed E-state index contributed by atoms with van der Waals surface area (Å²) in [4.78, 5) is 14.3. The molecule has 9 N–H and O–H groups in total. The largest absolute Gasteiger partial charge is 0.388 e. The van der Waals surface area contributed by atoms with Crippen molar-refractivity contribution < 1.29 is 28.8 Å². The van der Waals surface area contributed by atoms with Crippen LogP contribution in [0.25, 0.3) is 32.7 Å². The number of ether oxygens (including phenoxy) is 5. The van der Waals surface area contributed by atoms with Crippen LogP contribution in [0.15, 0.2) is 109 Å². The fourth-order valence-corrected chi connectivity index (χ4v) is 7.59. The number of fused-ring (bicyclic) bond motifs is 3. The minimum atomic E-state index is -1.19. The fraction of sp³-hybridized carbons (Fsp3) is 0.357. The highest BCUT2D eigenvalue weighted by Crippen LogP contribution is 2.32. The number of nitrogens with two attached hydrogens (primary N) is 4. The van der Waals surface area contributed by atoms with Crippen LogP contribution in [0.2, 0.25) is 0 Å². The summed E-state index contributed by atoms with van der Waals surface area (Å²) in [6, 6.07) is 33.3. The Kier molecular flexibility index (Phi) is 11.4. The predicted octanol–water partition coefficient (Wildman–Crippen LogP) is 3.20. The van der Waals surface area contributed by atoms with E-state index >= 15 is 0 Å². The lowest BCUT2D eigenvalue weighted by atomic mass is 9.84. The van der Waals surface area contributed by atoms with Crippen molar-refractivity contribution in [2.45, 2.75) is 87.3 Å². The molecular formula is C42H47N7O6. The number of pyridine rings is 3. The number of hydrogen-bond acceptors (Lipinski definition) is 13. The first-order valence-electron chi connectivity index (χ1n) is 18.7. The molecule has 13 heteroatoms. The van der Waals surface area contributed by atoms with Gasteiger partial charge in [-0.2, -0.15) is 0 Å². The molecule has 8 rings (SSSR count). The standard InChI is InChI=1S/C42H47N7O6/c43-20-35-40(52-22-28-17-14-25-8-2-5-11-33(25)48-28)41(53-23-29-18-15-26-9-3-6-12-34(26)49-29)36(46)42(54-35)55-39-31(45)19-30(44)38(37(39)50)51-21-27-16-13-24-7-1-4-10-32(24)47-27/h1-18,30-31,35-42,50H,19-23,43-46H2/t30-,31+,35-,36-,37-,38+,39-,40-,41-,42-/m1/s1. The van der Waals surface area contributed by atoms with Gasteiger partial charge in [-0.05, 0) is 42.8 Å². The van der Waals surface area contributed by atoms with Gasteiger partial charge in [-0.15, -0.1) is 0 Å². The second-order valence-corrected chi connectivity index (χ2v) is 14.3. The zero-order valence-corrected chi connectivity index (χ0v) is 30.3. The van der Waals surface area contributed by atoms with Gasteiger partial charge in [0.2, 0.25) is 0 Å². The molecule has 2 aliphatic rings. The van der Waals surface area contributed by atoms with E-state index in [0.717, 1.165) is 38.4 Å². The van der Waals surface area contributed by atoms with Crippen LogP contribution in [0.3, 0.4) is 0 Å². The first-order valence-corrected chi connectivity index (χ1v) is 18.7. The molecule has 0 amide bonds. The number of aliphatic hydroxyl groups excluding tert-OH is 1. The highest BCUT2D eigenvalue weighted by molar-refractivity contribution is 5.79. The SMILES string of the molecule is NC[C@H]1O[C@H](O[C@H]2[C@H](O)[C@@H](OCc3ccc4ccccc4n3)[C@H](N)C[C@@H]2N)[C@H](N)[C@@H](OCc2ccc3ccccc3n2)[C@@H]1OCc1ccc2ccccc2n1. The molecule has 3 aromatic carbocycles. The number of aromatic nitrogens is 3. The van der Waals surface area contributed by atoms with Gasteiger partial charge in [-0.3, -0.25) is 15.0 Å². The molecule has 1 aliphatic carbocycles. The summed E-state index contributed by atoms with van der Waals surface area (Å²) in [5.74, 6) is 0. The predicted molar refractivity (Wildman–Crippen MR) is 208 cm³/mol. The van der Waals surface area contributed by atoms with Gasteiger partial charge < -0.3 is 51.7 Å². The van der Waals surface area contributed by atoms with Crippen LogP contribution < -0.4 is 22.9 Å². The smallest absolute Gasteiger partial charge is 0.176 e.